The largest absolute Gasteiger partial charge is 0.480 e. The number of carbonyl (C=O) groups excluding carboxylic acids is 2. The Hall–Kier alpha value is -2.59. The van der Waals surface area contributed by atoms with Crippen LogP contribution in [0.1, 0.15) is 43.0 Å². The van der Waals surface area contributed by atoms with Crippen molar-refractivity contribution in [3.8, 4) is 0 Å². The zero-order valence-corrected chi connectivity index (χ0v) is 22.8. The third-order valence-electron chi connectivity index (χ3n) is 8.82. The Morgan fingerprint density at radius 2 is 1.76 bits per heavy atom. The lowest BCUT2D eigenvalue weighted by atomic mass is 9.68. The maximum atomic E-state index is 13.8. The van der Waals surface area contributed by atoms with Crippen LogP contribution in [0, 0.1) is 35.5 Å². The van der Waals surface area contributed by atoms with Crippen molar-refractivity contribution in [2.45, 2.75) is 48.9 Å². The van der Waals surface area contributed by atoms with E-state index in [0.717, 1.165) is 32.5 Å². The molecule has 8 nitrogen and oxygen atoms in total. The monoisotopic (exact) mass is 541 g/mol. The summed E-state index contributed by atoms with van der Waals surface area (Å²) in [6.07, 6.45) is 1.04. The molecule has 1 aromatic heterocycles. The summed E-state index contributed by atoms with van der Waals surface area (Å²) in [6.45, 7) is 3.81. The highest BCUT2D eigenvalue weighted by atomic mass is 32.2. The highest BCUT2D eigenvalue weighted by molar-refractivity contribution is 8.00. The van der Waals surface area contributed by atoms with Gasteiger partial charge in [-0.3, -0.25) is 19.3 Å². The third-order valence-corrected chi connectivity index (χ3v) is 11.4. The van der Waals surface area contributed by atoms with Gasteiger partial charge in [0.2, 0.25) is 11.8 Å². The molecular formula is C27H31N3O5S2. The second kappa shape index (κ2) is 8.73. The van der Waals surface area contributed by atoms with E-state index in [1.165, 1.54) is 11.3 Å². The van der Waals surface area contributed by atoms with E-state index in [2.05, 4.69) is 29.2 Å². The number of anilines is 1. The number of hydrogen-bond donors (Lipinski definition) is 2. The summed E-state index contributed by atoms with van der Waals surface area (Å²) in [6, 6.07) is 7.26. The minimum atomic E-state index is -1.12. The Morgan fingerprint density at radius 3 is 2.35 bits per heavy atom. The normalized spacial score (nSPS) is 32.5. The predicted octanol–water partition coefficient (Wildman–Crippen LogP) is 3.48. The number of likely N-dealkylation sites (tertiary alicyclic amines) is 1. The summed E-state index contributed by atoms with van der Waals surface area (Å²) in [4.78, 5) is 59.1. The Bertz CT molecular complexity index is 1330. The quantitative estimate of drug-likeness (QED) is 0.539. The second-order valence-corrected chi connectivity index (χ2v) is 13.7. The summed E-state index contributed by atoms with van der Waals surface area (Å²) in [7, 11) is 3.99. The van der Waals surface area contributed by atoms with Gasteiger partial charge in [-0.05, 0) is 54.2 Å². The van der Waals surface area contributed by atoms with E-state index in [0.29, 0.717) is 0 Å². The van der Waals surface area contributed by atoms with Gasteiger partial charge in [0.05, 0.1) is 16.9 Å². The molecule has 2 aliphatic heterocycles. The van der Waals surface area contributed by atoms with Crippen molar-refractivity contribution in [2.24, 2.45) is 35.5 Å². The third kappa shape index (κ3) is 3.62. The van der Waals surface area contributed by atoms with Crippen LogP contribution in [0.5, 0.6) is 0 Å². The van der Waals surface area contributed by atoms with E-state index in [4.69, 9.17) is 0 Å². The molecule has 6 rings (SSSR count). The number of amides is 2. The fourth-order valence-corrected chi connectivity index (χ4v) is 10.4. The molecule has 1 aromatic carbocycles. The van der Waals surface area contributed by atoms with E-state index in [-0.39, 0.29) is 57.9 Å². The number of thioether (sulfide) groups is 1. The molecule has 3 fully saturated rings. The molecule has 0 unspecified atom stereocenters. The van der Waals surface area contributed by atoms with E-state index in [1.54, 1.807) is 11.8 Å². The average molecular weight is 542 g/mol. The summed E-state index contributed by atoms with van der Waals surface area (Å²) in [5, 5.41) is 10.9. The number of carbonyl (C=O) groups is 3. The summed E-state index contributed by atoms with van der Waals surface area (Å²) in [5.41, 5.74) is 2.19. The molecular weight excluding hydrogens is 510 g/mol. The van der Waals surface area contributed by atoms with Crippen LogP contribution in [-0.2, 0) is 14.4 Å². The minimum Gasteiger partial charge on any atom is -0.480 e. The zero-order valence-electron chi connectivity index (χ0n) is 21.2. The van der Waals surface area contributed by atoms with Crippen molar-refractivity contribution in [2.75, 3.05) is 19.0 Å². The van der Waals surface area contributed by atoms with Crippen molar-refractivity contribution < 1.29 is 19.5 Å². The number of aromatic nitrogens is 1. The molecule has 3 heterocycles. The van der Waals surface area contributed by atoms with E-state index >= 15 is 0 Å². The Morgan fingerprint density at radius 1 is 1.11 bits per heavy atom. The maximum absolute atomic E-state index is 13.8. The van der Waals surface area contributed by atoms with Crippen molar-refractivity contribution in [3.63, 3.8) is 0 Å². The highest BCUT2D eigenvalue weighted by Gasteiger charge is 2.70. The second-order valence-electron chi connectivity index (χ2n) is 11.5. The standard InChI is InChI=1S/C27H31N3O5S2/c1-11(2)9-16(26(33)34)30-24(31)19-14-10-15(20(19)25(30)32)21-18(14)17(22-23(36-21)28-27(35)37-22)12-5-7-13(8-6-12)29(3)4/h5-8,11,14-21H,9-10H2,1-4H3,(H,28,35)(H,33,34)/t14-,15-,16-,17-,18-,19+,20-,21+/m1/s1. The number of carboxylic acid groups (broad SMARTS) is 1. The van der Waals surface area contributed by atoms with Gasteiger partial charge in [-0.25, -0.2) is 4.79 Å². The molecule has 2 bridgehead atoms. The van der Waals surface area contributed by atoms with Gasteiger partial charge >= 0.3 is 10.8 Å². The molecule has 196 valence electrons. The van der Waals surface area contributed by atoms with Crippen LogP contribution in [0.4, 0.5) is 5.69 Å². The average Bonchev–Trinajstić information content (AvgIpc) is 3.56. The van der Waals surface area contributed by atoms with Gasteiger partial charge in [-0.2, -0.15) is 0 Å². The first-order valence-electron chi connectivity index (χ1n) is 12.8. The molecule has 2 N–H and O–H groups in total. The number of imide groups is 1. The number of nitrogens with zero attached hydrogens (tertiary/aromatic N) is 2. The van der Waals surface area contributed by atoms with Crippen LogP contribution in [0.25, 0.3) is 0 Å². The highest BCUT2D eigenvalue weighted by Crippen LogP contribution is 2.68. The number of hydrogen-bond acceptors (Lipinski definition) is 7. The fourth-order valence-electron chi connectivity index (χ4n) is 7.46. The van der Waals surface area contributed by atoms with Gasteiger partial charge in [-0.1, -0.05) is 37.3 Å². The number of benzene rings is 1. The van der Waals surface area contributed by atoms with Crippen molar-refractivity contribution in [1.82, 2.24) is 9.88 Å². The SMILES string of the molecule is CC(C)C[C@H](C(=O)O)N1C(=O)[C@@H]2[C@H]3C[C@@H]([C@@H]2C1=O)[C@@H]1[C@@H](c2ccc(N(C)C)cc2)c2sc(=O)[nH]c2S[C@@H]31. The first-order chi connectivity index (χ1) is 17.6. The summed E-state index contributed by atoms with van der Waals surface area (Å²) < 4.78 is 0. The zero-order chi connectivity index (χ0) is 26.3. The fraction of sp³-hybridized carbons (Fsp3) is 0.556. The van der Waals surface area contributed by atoms with Gasteiger partial charge < -0.3 is 15.0 Å². The summed E-state index contributed by atoms with van der Waals surface area (Å²) in [5.74, 6) is -2.62. The van der Waals surface area contributed by atoms with E-state index in [9.17, 15) is 24.3 Å². The summed E-state index contributed by atoms with van der Waals surface area (Å²) >= 11 is 2.89. The van der Waals surface area contributed by atoms with Crippen LogP contribution < -0.4 is 9.77 Å². The van der Waals surface area contributed by atoms with Crippen molar-refractivity contribution in [1.29, 1.82) is 0 Å². The molecule has 8 atom stereocenters. The van der Waals surface area contributed by atoms with Crippen LogP contribution in [0.2, 0.25) is 0 Å². The Labute approximate surface area is 223 Å². The molecule has 0 spiro atoms. The number of aliphatic carboxylic acids is 1. The maximum Gasteiger partial charge on any atom is 0.326 e. The molecule has 2 aromatic rings. The lowest BCUT2D eigenvalue weighted by Gasteiger charge is -2.43. The van der Waals surface area contributed by atoms with E-state index in [1.807, 2.05) is 32.8 Å². The van der Waals surface area contributed by atoms with Crippen LogP contribution in [-0.4, -0.2) is 58.2 Å². The number of nitrogens with one attached hydrogen (secondary N) is 1. The van der Waals surface area contributed by atoms with Crippen LogP contribution >= 0.6 is 23.1 Å². The topological polar surface area (TPSA) is 111 Å². The van der Waals surface area contributed by atoms with Gasteiger partial charge in [0, 0.05) is 35.8 Å². The molecule has 10 heteroatoms. The Kier molecular flexibility index (Phi) is 5.83. The van der Waals surface area contributed by atoms with Crippen LogP contribution in [0.3, 0.4) is 0 Å². The van der Waals surface area contributed by atoms with Gasteiger partial charge in [0.15, 0.2) is 0 Å². The first kappa shape index (κ1) is 24.7. The molecule has 2 amide bonds. The first-order valence-corrected chi connectivity index (χ1v) is 14.5. The van der Waals surface area contributed by atoms with Crippen molar-refractivity contribution in [3.05, 3.63) is 44.4 Å². The van der Waals surface area contributed by atoms with Crippen LogP contribution in [0.15, 0.2) is 34.1 Å². The number of fused-ring (bicyclic) bond motifs is 9. The number of rotatable bonds is 6. The molecule has 4 aliphatic rings. The number of thiazole rings is 1. The van der Waals surface area contributed by atoms with E-state index < -0.39 is 23.8 Å². The number of H-pyrrole nitrogens is 1. The molecule has 2 saturated carbocycles. The van der Waals surface area contributed by atoms with Gasteiger partial charge in [0.25, 0.3) is 0 Å². The number of aromatic amines is 1. The van der Waals surface area contributed by atoms with Crippen molar-refractivity contribution >= 4 is 46.6 Å². The molecule has 0 radical (unpaired) electrons. The molecule has 2 aliphatic carbocycles. The smallest absolute Gasteiger partial charge is 0.326 e. The number of carboxylic acids is 1. The van der Waals surface area contributed by atoms with Gasteiger partial charge in [-0.15, -0.1) is 11.8 Å². The lowest BCUT2D eigenvalue weighted by Crippen LogP contribution is -2.47. The minimum absolute atomic E-state index is 0.0138. The molecule has 1 saturated heterocycles. The predicted molar refractivity (Wildman–Crippen MR) is 142 cm³/mol. The Balaban J connectivity index is 1.40. The lowest BCUT2D eigenvalue weighted by molar-refractivity contribution is -0.156. The van der Waals surface area contributed by atoms with Gasteiger partial charge in [0.1, 0.15) is 6.04 Å². The molecule has 37 heavy (non-hydrogen) atoms.